The Morgan fingerprint density at radius 1 is 1.14 bits per heavy atom. The van der Waals surface area contributed by atoms with E-state index in [2.05, 4.69) is 15.5 Å². The van der Waals surface area contributed by atoms with Crippen molar-refractivity contribution < 1.29 is 9.18 Å². The molecule has 0 saturated carbocycles. The van der Waals surface area contributed by atoms with Gasteiger partial charge in [0.05, 0.1) is 17.3 Å². The highest BCUT2D eigenvalue weighted by atomic mass is 19.1. The Balaban J connectivity index is 1.74. The summed E-state index contributed by atoms with van der Waals surface area (Å²) >= 11 is 0. The number of fused-ring (bicyclic) bond motifs is 1. The molecular weight excluding hydrogens is 269 g/mol. The molecule has 3 rings (SSSR count). The summed E-state index contributed by atoms with van der Waals surface area (Å²) in [4.78, 5) is 15.1. The van der Waals surface area contributed by atoms with Crippen LogP contribution in [0.2, 0.25) is 0 Å². The molecule has 0 unspecified atom stereocenters. The van der Waals surface area contributed by atoms with Crippen LogP contribution in [0.15, 0.2) is 59.8 Å². The summed E-state index contributed by atoms with van der Waals surface area (Å²) in [5.41, 5.74) is 4.46. The van der Waals surface area contributed by atoms with E-state index >= 15 is 0 Å². The molecule has 1 heterocycles. The van der Waals surface area contributed by atoms with Gasteiger partial charge in [-0.25, -0.2) is 9.82 Å². The van der Waals surface area contributed by atoms with Gasteiger partial charge in [-0.05, 0) is 29.8 Å². The Morgan fingerprint density at radius 2 is 1.95 bits per heavy atom. The van der Waals surface area contributed by atoms with Crippen molar-refractivity contribution in [1.82, 2.24) is 10.4 Å². The van der Waals surface area contributed by atoms with E-state index in [0.29, 0.717) is 11.1 Å². The number of nitrogens with one attached hydrogen (secondary N) is 2. The first kappa shape index (κ1) is 13.1. The summed E-state index contributed by atoms with van der Waals surface area (Å²) in [5.74, 6) is -0.615. The van der Waals surface area contributed by atoms with Crippen molar-refractivity contribution >= 4 is 23.0 Å². The molecule has 2 aromatic carbocycles. The molecule has 1 aromatic heterocycles. The SMILES string of the molecule is O=C(NN=Cc1ccc(F)cc1)c1cccc2cc[nH]c12. The summed E-state index contributed by atoms with van der Waals surface area (Å²) in [6.45, 7) is 0. The van der Waals surface area contributed by atoms with Crippen LogP contribution in [0.25, 0.3) is 10.9 Å². The largest absolute Gasteiger partial charge is 0.361 e. The highest BCUT2D eigenvalue weighted by molar-refractivity contribution is 6.05. The lowest BCUT2D eigenvalue weighted by Crippen LogP contribution is -2.17. The smallest absolute Gasteiger partial charge is 0.273 e. The number of benzene rings is 2. The number of nitrogens with zero attached hydrogens (tertiary/aromatic N) is 1. The quantitative estimate of drug-likeness (QED) is 0.562. The van der Waals surface area contributed by atoms with Gasteiger partial charge in [-0.2, -0.15) is 5.10 Å². The topological polar surface area (TPSA) is 57.2 Å². The summed E-state index contributed by atoms with van der Waals surface area (Å²) < 4.78 is 12.8. The van der Waals surface area contributed by atoms with Gasteiger partial charge < -0.3 is 4.98 Å². The number of hydrogen-bond acceptors (Lipinski definition) is 2. The number of carbonyl (C=O) groups excluding carboxylic acids is 1. The summed E-state index contributed by atoms with van der Waals surface area (Å²) in [7, 11) is 0. The Hall–Kier alpha value is -2.95. The first-order valence-electron chi connectivity index (χ1n) is 6.39. The van der Waals surface area contributed by atoms with Gasteiger partial charge in [-0.15, -0.1) is 0 Å². The van der Waals surface area contributed by atoms with Gasteiger partial charge in [0.25, 0.3) is 5.91 Å². The van der Waals surface area contributed by atoms with E-state index in [1.807, 2.05) is 18.2 Å². The van der Waals surface area contributed by atoms with Crippen LogP contribution in [-0.2, 0) is 0 Å². The van der Waals surface area contributed by atoms with Gasteiger partial charge in [0.1, 0.15) is 5.82 Å². The number of aromatic amines is 1. The van der Waals surface area contributed by atoms with Crippen LogP contribution >= 0.6 is 0 Å². The molecule has 0 bridgehead atoms. The highest BCUT2D eigenvalue weighted by Crippen LogP contribution is 2.16. The predicted octanol–water partition coefficient (Wildman–Crippen LogP) is 3.07. The van der Waals surface area contributed by atoms with Gasteiger partial charge in [0, 0.05) is 11.6 Å². The van der Waals surface area contributed by atoms with Gasteiger partial charge >= 0.3 is 0 Å². The molecule has 5 heteroatoms. The molecule has 0 aliphatic heterocycles. The molecule has 0 aliphatic carbocycles. The fourth-order valence-corrected chi connectivity index (χ4v) is 2.05. The van der Waals surface area contributed by atoms with Crippen LogP contribution in [0.4, 0.5) is 4.39 Å². The maximum atomic E-state index is 12.8. The van der Waals surface area contributed by atoms with Crippen LogP contribution in [0, 0.1) is 5.82 Å². The van der Waals surface area contributed by atoms with Gasteiger partial charge in [0.2, 0.25) is 0 Å². The number of amides is 1. The molecule has 4 nitrogen and oxygen atoms in total. The first-order valence-corrected chi connectivity index (χ1v) is 6.39. The lowest BCUT2D eigenvalue weighted by molar-refractivity contribution is 0.0956. The third-order valence-corrected chi connectivity index (χ3v) is 3.08. The molecular formula is C16H12FN3O. The number of halogens is 1. The molecule has 21 heavy (non-hydrogen) atoms. The normalized spacial score (nSPS) is 11.1. The molecule has 0 saturated heterocycles. The van der Waals surface area contributed by atoms with Crippen molar-refractivity contribution in [3.8, 4) is 0 Å². The molecule has 1 amide bonds. The predicted molar refractivity (Wildman–Crippen MR) is 79.8 cm³/mol. The summed E-state index contributed by atoms with van der Waals surface area (Å²) in [6.07, 6.45) is 3.25. The Labute approximate surface area is 120 Å². The fourth-order valence-electron chi connectivity index (χ4n) is 2.05. The van der Waals surface area contributed by atoms with Crippen molar-refractivity contribution in [2.75, 3.05) is 0 Å². The van der Waals surface area contributed by atoms with E-state index in [1.54, 1.807) is 24.4 Å². The van der Waals surface area contributed by atoms with Crippen molar-refractivity contribution in [1.29, 1.82) is 0 Å². The van der Waals surface area contributed by atoms with E-state index in [1.165, 1.54) is 18.3 Å². The maximum absolute atomic E-state index is 12.8. The average molecular weight is 281 g/mol. The average Bonchev–Trinajstić information content (AvgIpc) is 2.97. The molecule has 3 aromatic rings. The first-order chi connectivity index (χ1) is 10.2. The number of hydrogen-bond donors (Lipinski definition) is 2. The molecule has 0 atom stereocenters. The summed E-state index contributed by atoms with van der Waals surface area (Å²) in [6, 6.07) is 13.2. The van der Waals surface area contributed by atoms with E-state index in [4.69, 9.17) is 0 Å². The second-order valence-electron chi connectivity index (χ2n) is 4.50. The van der Waals surface area contributed by atoms with Crippen LogP contribution in [0.3, 0.4) is 0 Å². The van der Waals surface area contributed by atoms with Crippen molar-refractivity contribution in [3.05, 3.63) is 71.7 Å². The number of H-pyrrole nitrogens is 1. The van der Waals surface area contributed by atoms with Crippen LogP contribution in [0.5, 0.6) is 0 Å². The number of rotatable bonds is 3. The molecule has 0 spiro atoms. The minimum atomic E-state index is -0.311. The second-order valence-corrected chi connectivity index (χ2v) is 4.50. The van der Waals surface area contributed by atoms with Crippen molar-refractivity contribution in [2.24, 2.45) is 5.10 Å². The highest BCUT2D eigenvalue weighted by Gasteiger charge is 2.09. The fraction of sp³-hybridized carbons (Fsp3) is 0. The molecule has 104 valence electrons. The van der Waals surface area contributed by atoms with E-state index in [-0.39, 0.29) is 11.7 Å². The van der Waals surface area contributed by atoms with Gasteiger partial charge in [-0.1, -0.05) is 24.3 Å². The van der Waals surface area contributed by atoms with Crippen molar-refractivity contribution in [3.63, 3.8) is 0 Å². The lowest BCUT2D eigenvalue weighted by atomic mass is 10.1. The van der Waals surface area contributed by atoms with Gasteiger partial charge in [0.15, 0.2) is 0 Å². The standard InChI is InChI=1S/C16H12FN3O/c17-13-6-4-11(5-7-13)10-19-20-16(21)14-3-1-2-12-8-9-18-15(12)14/h1-10,18H,(H,20,21). The second kappa shape index (κ2) is 5.58. The minimum Gasteiger partial charge on any atom is -0.361 e. The third-order valence-electron chi connectivity index (χ3n) is 3.08. The number of para-hydroxylation sites is 1. The van der Waals surface area contributed by atoms with Crippen molar-refractivity contribution in [2.45, 2.75) is 0 Å². The maximum Gasteiger partial charge on any atom is 0.273 e. The van der Waals surface area contributed by atoms with Crippen LogP contribution < -0.4 is 5.43 Å². The minimum absolute atomic E-state index is 0.304. The van der Waals surface area contributed by atoms with Gasteiger partial charge in [-0.3, -0.25) is 4.79 Å². The Morgan fingerprint density at radius 3 is 2.76 bits per heavy atom. The molecule has 2 N–H and O–H groups in total. The summed E-state index contributed by atoms with van der Waals surface area (Å²) in [5, 5.41) is 4.84. The molecule has 0 radical (unpaired) electrons. The lowest BCUT2D eigenvalue weighted by Gasteiger charge is -2.01. The number of hydrazone groups is 1. The zero-order valence-electron chi connectivity index (χ0n) is 11.0. The molecule has 0 aliphatic rings. The Kier molecular flexibility index (Phi) is 3.47. The van der Waals surface area contributed by atoms with E-state index in [9.17, 15) is 9.18 Å². The molecule has 0 fully saturated rings. The van der Waals surface area contributed by atoms with Crippen LogP contribution in [-0.4, -0.2) is 17.1 Å². The van der Waals surface area contributed by atoms with E-state index < -0.39 is 0 Å². The van der Waals surface area contributed by atoms with E-state index in [0.717, 1.165) is 10.9 Å². The zero-order valence-corrected chi connectivity index (χ0v) is 11.0. The Bertz CT molecular complexity index is 806. The van der Waals surface area contributed by atoms with Crippen LogP contribution in [0.1, 0.15) is 15.9 Å². The number of aromatic nitrogens is 1. The third kappa shape index (κ3) is 2.81. The number of carbonyl (C=O) groups is 1. The zero-order chi connectivity index (χ0) is 14.7. The monoisotopic (exact) mass is 281 g/mol.